The first-order valence-corrected chi connectivity index (χ1v) is 7.32. The molecule has 2 N–H and O–H groups in total. The van der Waals surface area contributed by atoms with Gasteiger partial charge in [-0.25, -0.2) is 10.2 Å². The van der Waals surface area contributed by atoms with Gasteiger partial charge in [-0.15, -0.1) is 0 Å². The molecule has 21 heavy (non-hydrogen) atoms. The van der Waals surface area contributed by atoms with Crippen molar-refractivity contribution in [1.29, 1.82) is 0 Å². The average Bonchev–Trinajstić information content (AvgIpc) is 2.35. The largest absolute Gasteiger partial charge is 0.443 e. The maximum Gasteiger partial charge on any atom is 0.422 e. The maximum atomic E-state index is 11.5. The van der Waals surface area contributed by atoms with Crippen LogP contribution in [-0.2, 0) is 16.1 Å². The number of rotatable bonds is 5. The van der Waals surface area contributed by atoms with Gasteiger partial charge in [-0.2, -0.15) is 0 Å². The standard InChI is InChI=1S/C16H24N2O3/c1-16(2,3)21-15(19)18-17-13-9-14(10-13)20-11-12-7-5-4-6-8-12/h4-8,13-14,17H,9-11H2,1-3H3,(H,18,19)/t13-,14+. The molecule has 0 atom stereocenters. The Bertz CT molecular complexity index is 450. The van der Waals surface area contributed by atoms with Gasteiger partial charge in [-0.3, -0.25) is 5.43 Å². The van der Waals surface area contributed by atoms with Crippen LogP contribution >= 0.6 is 0 Å². The summed E-state index contributed by atoms with van der Waals surface area (Å²) in [5.41, 5.74) is 6.24. The Morgan fingerprint density at radius 1 is 1.24 bits per heavy atom. The van der Waals surface area contributed by atoms with Gasteiger partial charge in [0, 0.05) is 6.04 Å². The van der Waals surface area contributed by atoms with E-state index in [9.17, 15) is 4.79 Å². The number of ether oxygens (including phenoxy) is 2. The zero-order chi connectivity index (χ0) is 15.3. The zero-order valence-corrected chi connectivity index (χ0v) is 12.9. The maximum absolute atomic E-state index is 11.5. The predicted octanol–water partition coefficient (Wildman–Crippen LogP) is 2.76. The number of carbonyl (C=O) groups is 1. The molecule has 1 amide bonds. The van der Waals surface area contributed by atoms with E-state index >= 15 is 0 Å². The third-order valence-electron chi connectivity index (χ3n) is 3.20. The van der Waals surface area contributed by atoms with Crippen LogP contribution in [0.25, 0.3) is 0 Å². The summed E-state index contributed by atoms with van der Waals surface area (Å²) >= 11 is 0. The van der Waals surface area contributed by atoms with E-state index in [1.165, 1.54) is 5.56 Å². The van der Waals surface area contributed by atoms with Crippen LogP contribution in [0.15, 0.2) is 30.3 Å². The number of hydrazine groups is 1. The highest BCUT2D eigenvalue weighted by Gasteiger charge is 2.30. The molecule has 0 heterocycles. The molecule has 1 fully saturated rings. The Morgan fingerprint density at radius 2 is 1.90 bits per heavy atom. The molecule has 0 aromatic heterocycles. The van der Waals surface area contributed by atoms with Crippen LogP contribution in [-0.4, -0.2) is 23.8 Å². The van der Waals surface area contributed by atoms with Gasteiger partial charge in [0.1, 0.15) is 5.60 Å². The summed E-state index contributed by atoms with van der Waals surface area (Å²) in [5, 5.41) is 0. The minimum absolute atomic E-state index is 0.248. The van der Waals surface area contributed by atoms with Gasteiger partial charge in [0.2, 0.25) is 0 Å². The second-order valence-corrected chi connectivity index (χ2v) is 6.36. The number of hydrogen-bond acceptors (Lipinski definition) is 4. The smallest absolute Gasteiger partial charge is 0.422 e. The van der Waals surface area contributed by atoms with E-state index in [4.69, 9.17) is 9.47 Å². The van der Waals surface area contributed by atoms with Crippen molar-refractivity contribution in [2.45, 2.75) is 58.0 Å². The van der Waals surface area contributed by atoms with Crippen molar-refractivity contribution in [3.63, 3.8) is 0 Å². The van der Waals surface area contributed by atoms with Gasteiger partial charge in [0.15, 0.2) is 0 Å². The van der Waals surface area contributed by atoms with Crippen molar-refractivity contribution in [1.82, 2.24) is 10.9 Å². The van der Waals surface area contributed by atoms with Crippen LogP contribution in [0.3, 0.4) is 0 Å². The molecule has 0 spiro atoms. The Balaban J connectivity index is 1.56. The predicted molar refractivity (Wildman–Crippen MR) is 80.5 cm³/mol. The first kappa shape index (κ1) is 15.8. The third kappa shape index (κ3) is 5.73. The topological polar surface area (TPSA) is 59.6 Å². The summed E-state index contributed by atoms with van der Waals surface area (Å²) in [5.74, 6) is 0. The van der Waals surface area contributed by atoms with Crippen molar-refractivity contribution in [2.75, 3.05) is 0 Å². The van der Waals surface area contributed by atoms with E-state index in [0.29, 0.717) is 6.61 Å². The van der Waals surface area contributed by atoms with Gasteiger partial charge >= 0.3 is 6.09 Å². The molecular weight excluding hydrogens is 268 g/mol. The molecule has 0 radical (unpaired) electrons. The molecule has 1 aromatic carbocycles. The molecular formula is C16H24N2O3. The van der Waals surface area contributed by atoms with Gasteiger partial charge in [0.25, 0.3) is 0 Å². The fraction of sp³-hybridized carbons (Fsp3) is 0.562. The molecule has 0 aliphatic heterocycles. The highest BCUT2D eigenvalue weighted by Crippen LogP contribution is 2.24. The van der Waals surface area contributed by atoms with Gasteiger partial charge in [-0.1, -0.05) is 30.3 Å². The molecule has 0 saturated heterocycles. The van der Waals surface area contributed by atoms with E-state index < -0.39 is 11.7 Å². The minimum Gasteiger partial charge on any atom is -0.443 e. The Kier molecular flexibility index (Phi) is 5.20. The Labute approximate surface area is 126 Å². The molecule has 5 nitrogen and oxygen atoms in total. The molecule has 1 aliphatic rings. The summed E-state index contributed by atoms with van der Waals surface area (Å²) in [6.07, 6.45) is 1.59. The molecule has 0 unspecified atom stereocenters. The van der Waals surface area contributed by atoms with E-state index in [-0.39, 0.29) is 12.1 Å². The lowest BCUT2D eigenvalue weighted by molar-refractivity contribution is -0.0306. The number of carbonyl (C=O) groups excluding carboxylic acids is 1. The second kappa shape index (κ2) is 6.91. The highest BCUT2D eigenvalue weighted by molar-refractivity contribution is 5.67. The first-order chi connectivity index (χ1) is 9.92. The Hall–Kier alpha value is -1.59. The summed E-state index contributed by atoms with van der Waals surface area (Å²) in [6.45, 7) is 6.15. The summed E-state index contributed by atoms with van der Waals surface area (Å²) in [7, 11) is 0. The SMILES string of the molecule is CC(C)(C)OC(=O)NN[C@H]1C[C@@H](OCc2ccccc2)C1. The van der Waals surface area contributed by atoms with Crippen LogP contribution in [0.5, 0.6) is 0 Å². The number of hydrogen-bond donors (Lipinski definition) is 2. The van der Waals surface area contributed by atoms with Crippen molar-refractivity contribution in [3.8, 4) is 0 Å². The van der Waals surface area contributed by atoms with Crippen LogP contribution in [0.1, 0.15) is 39.2 Å². The molecule has 1 aliphatic carbocycles. The molecule has 2 rings (SSSR count). The van der Waals surface area contributed by atoms with Gasteiger partial charge < -0.3 is 9.47 Å². The van der Waals surface area contributed by atoms with Crippen molar-refractivity contribution in [3.05, 3.63) is 35.9 Å². The molecule has 0 bridgehead atoms. The minimum atomic E-state index is -0.479. The summed E-state index contributed by atoms with van der Waals surface area (Å²) in [6, 6.07) is 10.4. The monoisotopic (exact) mass is 292 g/mol. The zero-order valence-electron chi connectivity index (χ0n) is 12.9. The lowest BCUT2D eigenvalue weighted by Crippen LogP contribution is -2.53. The van der Waals surface area contributed by atoms with Crippen LogP contribution in [0.4, 0.5) is 4.79 Å². The van der Waals surface area contributed by atoms with Crippen molar-refractivity contribution in [2.24, 2.45) is 0 Å². The van der Waals surface area contributed by atoms with Crippen molar-refractivity contribution < 1.29 is 14.3 Å². The number of benzene rings is 1. The normalized spacial score (nSPS) is 21.5. The number of amides is 1. The summed E-state index contributed by atoms with van der Waals surface area (Å²) < 4.78 is 10.9. The second-order valence-electron chi connectivity index (χ2n) is 6.36. The molecule has 5 heteroatoms. The first-order valence-electron chi connectivity index (χ1n) is 7.32. The summed E-state index contributed by atoms with van der Waals surface area (Å²) in [4.78, 5) is 11.5. The highest BCUT2D eigenvalue weighted by atomic mass is 16.6. The van der Waals surface area contributed by atoms with E-state index in [1.807, 2.05) is 39.0 Å². The van der Waals surface area contributed by atoms with Crippen LogP contribution in [0.2, 0.25) is 0 Å². The van der Waals surface area contributed by atoms with Crippen LogP contribution < -0.4 is 10.9 Å². The molecule has 1 saturated carbocycles. The molecule has 116 valence electrons. The van der Waals surface area contributed by atoms with Crippen LogP contribution in [0, 0.1) is 0 Å². The lowest BCUT2D eigenvalue weighted by atomic mass is 9.90. The average molecular weight is 292 g/mol. The molecule has 1 aromatic rings. The van der Waals surface area contributed by atoms with Gasteiger partial charge in [-0.05, 0) is 39.2 Å². The quantitative estimate of drug-likeness (QED) is 0.819. The Morgan fingerprint density at radius 3 is 2.52 bits per heavy atom. The third-order valence-corrected chi connectivity index (χ3v) is 3.20. The fourth-order valence-corrected chi connectivity index (χ4v) is 2.07. The van der Waals surface area contributed by atoms with E-state index in [1.54, 1.807) is 0 Å². The lowest BCUT2D eigenvalue weighted by Gasteiger charge is -2.35. The van der Waals surface area contributed by atoms with Crippen molar-refractivity contribution >= 4 is 6.09 Å². The van der Waals surface area contributed by atoms with E-state index in [0.717, 1.165) is 12.8 Å². The van der Waals surface area contributed by atoms with Gasteiger partial charge in [0.05, 0.1) is 12.7 Å². The fourth-order valence-electron chi connectivity index (χ4n) is 2.07. The number of nitrogens with one attached hydrogen (secondary N) is 2. The van der Waals surface area contributed by atoms with E-state index in [2.05, 4.69) is 23.0 Å².